The van der Waals surface area contributed by atoms with E-state index in [1.165, 1.54) is 19.2 Å². The van der Waals surface area contributed by atoms with E-state index in [-0.39, 0.29) is 12.3 Å². The maximum Gasteiger partial charge on any atom is 0.328 e. The summed E-state index contributed by atoms with van der Waals surface area (Å²) < 4.78 is 26.4. The second kappa shape index (κ2) is 4.70. The fourth-order valence-corrected chi connectivity index (χ4v) is 2.11. The Morgan fingerprint density at radius 3 is 2.59 bits per heavy atom. The van der Waals surface area contributed by atoms with Gasteiger partial charge in [0.25, 0.3) is 0 Å². The van der Waals surface area contributed by atoms with E-state index < -0.39 is 20.8 Å². The number of rotatable bonds is 5. The summed E-state index contributed by atoms with van der Waals surface area (Å²) in [6.45, 7) is 2.57. The molecule has 7 heteroatoms. The number of carbonyl (C=O) groups is 1. The van der Waals surface area contributed by atoms with Gasteiger partial charge < -0.3 is 9.29 Å². The Morgan fingerprint density at radius 2 is 2.18 bits per heavy atom. The molecule has 0 aromatic carbocycles. The lowest BCUT2D eigenvalue weighted by Crippen LogP contribution is -2.45. The summed E-state index contributed by atoms with van der Waals surface area (Å²) >= 11 is 0. The van der Waals surface area contributed by atoms with E-state index in [2.05, 4.69) is 4.98 Å². The third kappa shape index (κ3) is 2.55. The van der Waals surface area contributed by atoms with Crippen LogP contribution < -0.4 is 4.18 Å². The SMILES string of the molecule is CCC(C)(C(=O)O)S(=O)(=O)Oc1ccccn1. The van der Waals surface area contributed by atoms with Crippen LogP contribution in [0.25, 0.3) is 0 Å². The molecule has 0 fully saturated rings. The van der Waals surface area contributed by atoms with Gasteiger partial charge in [0.15, 0.2) is 0 Å². The number of nitrogens with zero attached hydrogens (tertiary/aromatic N) is 1. The number of hydrogen-bond donors (Lipinski definition) is 1. The molecule has 0 aliphatic carbocycles. The lowest BCUT2D eigenvalue weighted by Gasteiger charge is -2.22. The van der Waals surface area contributed by atoms with E-state index in [1.54, 1.807) is 12.1 Å². The molecule has 0 saturated heterocycles. The highest BCUT2D eigenvalue weighted by Crippen LogP contribution is 2.24. The minimum absolute atomic E-state index is 0.0997. The summed E-state index contributed by atoms with van der Waals surface area (Å²) in [4.78, 5) is 14.7. The predicted molar refractivity (Wildman–Crippen MR) is 60.1 cm³/mol. The third-order valence-electron chi connectivity index (χ3n) is 2.51. The Labute approximate surface area is 99.4 Å². The highest BCUT2D eigenvalue weighted by Gasteiger charge is 2.47. The topological polar surface area (TPSA) is 93.6 Å². The number of aromatic nitrogens is 1. The van der Waals surface area contributed by atoms with Crippen LogP contribution in [-0.2, 0) is 14.9 Å². The van der Waals surface area contributed by atoms with Gasteiger partial charge in [-0.1, -0.05) is 13.0 Å². The predicted octanol–water partition coefficient (Wildman–Crippen LogP) is 1.04. The van der Waals surface area contributed by atoms with Gasteiger partial charge in [-0.05, 0) is 19.4 Å². The van der Waals surface area contributed by atoms with E-state index >= 15 is 0 Å². The van der Waals surface area contributed by atoms with Crippen LogP contribution in [-0.4, -0.2) is 29.2 Å². The van der Waals surface area contributed by atoms with Crippen LogP contribution >= 0.6 is 0 Å². The summed E-state index contributed by atoms with van der Waals surface area (Å²) in [5.74, 6) is -1.59. The fraction of sp³-hybridized carbons (Fsp3) is 0.400. The van der Waals surface area contributed by atoms with Crippen molar-refractivity contribution in [1.29, 1.82) is 0 Å². The molecule has 6 nitrogen and oxygen atoms in total. The van der Waals surface area contributed by atoms with E-state index in [1.807, 2.05) is 0 Å². The van der Waals surface area contributed by atoms with Crippen LogP contribution in [0.5, 0.6) is 5.88 Å². The molecular formula is C10H13NO5S. The summed E-state index contributed by atoms with van der Waals surface area (Å²) in [7, 11) is -4.29. The summed E-state index contributed by atoms with van der Waals surface area (Å²) in [6, 6.07) is 4.48. The van der Waals surface area contributed by atoms with Crippen LogP contribution in [0.3, 0.4) is 0 Å². The van der Waals surface area contributed by atoms with Gasteiger partial charge in [-0.25, -0.2) is 4.98 Å². The normalized spacial score (nSPS) is 14.9. The second-order valence-corrected chi connectivity index (χ2v) is 5.57. The Bertz CT molecular complexity index is 499. The number of hydrogen-bond acceptors (Lipinski definition) is 5. The number of carboxylic acids is 1. The molecule has 0 bridgehead atoms. The van der Waals surface area contributed by atoms with E-state index in [0.29, 0.717) is 0 Å². The molecule has 1 rings (SSSR count). The Morgan fingerprint density at radius 1 is 1.53 bits per heavy atom. The average molecular weight is 259 g/mol. The quantitative estimate of drug-likeness (QED) is 0.794. The molecule has 0 amide bonds. The summed E-state index contributed by atoms with van der Waals surface area (Å²) in [5.41, 5.74) is 0. The number of pyridine rings is 1. The first-order valence-corrected chi connectivity index (χ1v) is 6.33. The van der Waals surface area contributed by atoms with E-state index in [4.69, 9.17) is 9.29 Å². The van der Waals surface area contributed by atoms with Crippen molar-refractivity contribution in [2.75, 3.05) is 0 Å². The van der Waals surface area contributed by atoms with Crippen LogP contribution in [0, 0.1) is 0 Å². The van der Waals surface area contributed by atoms with E-state index in [0.717, 1.165) is 6.92 Å². The Hall–Kier alpha value is -1.63. The van der Waals surface area contributed by atoms with Crippen molar-refractivity contribution in [2.45, 2.75) is 25.0 Å². The molecule has 0 aliphatic rings. The van der Waals surface area contributed by atoms with Crippen LogP contribution in [0.4, 0.5) is 0 Å². The average Bonchev–Trinajstić information content (AvgIpc) is 2.28. The second-order valence-electron chi connectivity index (χ2n) is 3.59. The van der Waals surface area contributed by atoms with Gasteiger partial charge in [0.05, 0.1) is 0 Å². The standard InChI is InChI=1S/C10H13NO5S/c1-3-10(2,9(12)13)17(14,15)16-8-6-4-5-7-11-8/h4-7H,3H2,1-2H3,(H,12,13). The molecule has 0 saturated carbocycles. The highest BCUT2D eigenvalue weighted by molar-refractivity contribution is 7.89. The lowest BCUT2D eigenvalue weighted by atomic mass is 10.1. The Kier molecular flexibility index (Phi) is 3.72. The third-order valence-corrected chi connectivity index (χ3v) is 4.47. The first-order chi connectivity index (χ1) is 7.83. The van der Waals surface area contributed by atoms with E-state index in [9.17, 15) is 13.2 Å². The van der Waals surface area contributed by atoms with Crippen molar-refractivity contribution in [3.63, 3.8) is 0 Å². The highest BCUT2D eigenvalue weighted by atomic mass is 32.2. The molecule has 1 aromatic heterocycles. The van der Waals surface area contributed by atoms with Gasteiger partial charge in [0.2, 0.25) is 10.6 Å². The van der Waals surface area contributed by atoms with Crippen LogP contribution in [0.15, 0.2) is 24.4 Å². The lowest BCUT2D eigenvalue weighted by molar-refractivity contribution is -0.139. The van der Waals surface area contributed by atoms with Crippen LogP contribution in [0.1, 0.15) is 20.3 Å². The molecule has 0 radical (unpaired) electrons. The molecule has 1 heterocycles. The molecule has 94 valence electrons. The molecule has 17 heavy (non-hydrogen) atoms. The zero-order valence-electron chi connectivity index (χ0n) is 9.45. The van der Waals surface area contributed by atoms with Gasteiger partial charge in [-0.2, -0.15) is 8.42 Å². The number of carboxylic acid groups (broad SMARTS) is 1. The minimum atomic E-state index is -4.29. The first-order valence-electron chi connectivity index (χ1n) is 4.92. The van der Waals surface area contributed by atoms with Crippen molar-refractivity contribution in [1.82, 2.24) is 4.98 Å². The molecule has 1 unspecified atom stereocenters. The minimum Gasteiger partial charge on any atom is -0.480 e. The van der Waals surface area contributed by atoms with Gasteiger partial charge >= 0.3 is 16.1 Å². The van der Waals surface area contributed by atoms with Gasteiger partial charge in [-0.3, -0.25) is 4.79 Å². The number of aliphatic carboxylic acids is 1. The molecule has 0 spiro atoms. The van der Waals surface area contributed by atoms with Gasteiger partial charge in [-0.15, -0.1) is 0 Å². The largest absolute Gasteiger partial charge is 0.480 e. The Balaban J connectivity index is 3.08. The molecule has 1 aromatic rings. The van der Waals surface area contributed by atoms with Crippen molar-refractivity contribution >= 4 is 16.1 Å². The first kappa shape index (κ1) is 13.4. The zero-order valence-corrected chi connectivity index (χ0v) is 10.3. The summed E-state index contributed by atoms with van der Waals surface area (Å²) in [6.07, 6.45) is 1.26. The zero-order chi connectivity index (χ0) is 13.1. The molecule has 1 atom stereocenters. The maximum absolute atomic E-state index is 11.9. The monoisotopic (exact) mass is 259 g/mol. The molecule has 0 aliphatic heterocycles. The smallest absolute Gasteiger partial charge is 0.328 e. The van der Waals surface area contributed by atoms with Crippen LogP contribution in [0.2, 0.25) is 0 Å². The summed E-state index contributed by atoms with van der Waals surface area (Å²) in [5, 5.41) is 8.97. The fourth-order valence-electron chi connectivity index (χ4n) is 1.04. The van der Waals surface area contributed by atoms with Crippen molar-refractivity contribution in [3.05, 3.63) is 24.4 Å². The van der Waals surface area contributed by atoms with Crippen molar-refractivity contribution in [2.24, 2.45) is 0 Å². The van der Waals surface area contributed by atoms with Crippen molar-refractivity contribution in [3.8, 4) is 5.88 Å². The molecule has 1 N–H and O–H groups in total. The molecular weight excluding hydrogens is 246 g/mol. The van der Waals surface area contributed by atoms with Crippen molar-refractivity contribution < 1.29 is 22.5 Å². The van der Waals surface area contributed by atoms with Gasteiger partial charge in [0.1, 0.15) is 0 Å². The van der Waals surface area contributed by atoms with Gasteiger partial charge in [0, 0.05) is 12.3 Å². The maximum atomic E-state index is 11.9.